The molecule has 3 saturated heterocycles. The molecule has 3 heterocycles. The Morgan fingerprint density at radius 1 is 1.05 bits per heavy atom. The van der Waals surface area contributed by atoms with Crippen molar-refractivity contribution in [2.75, 3.05) is 45.9 Å². The fraction of sp³-hybridized carbons (Fsp3) is 0.467. The first-order chi connectivity index (χ1) is 10.7. The molecule has 6 nitrogen and oxygen atoms in total. The van der Waals surface area contributed by atoms with Crippen LogP contribution in [-0.2, 0) is 14.0 Å². The maximum atomic E-state index is 12.4. The average Bonchev–Trinajstić information content (AvgIpc) is 3.37. The molecule has 116 valence electrons. The number of nitrogens with zero attached hydrogens (tertiary/aromatic N) is 3. The molecule has 0 amide bonds. The molecule has 0 spiro atoms. The van der Waals surface area contributed by atoms with Gasteiger partial charge in [0.1, 0.15) is 21.9 Å². The van der Waals surface area contributed by atoms with Gasteiger partial charge in [-0.2, -0.15) is 0 Å². The number of hydrogen-bond acceptors (Lipinski definition) is 6. The first kappa shape index (κ1) is 14.9. The summed E-state index contributed by atoms with van der Waals surface area (Å²) in [6.07, 6.45) is 6.31. The van der Waals surface area contributed by atoms with E-state index in [4.69, 9.17) is 6.42 Å². The molecule has 0 unspecified atom stereocenters. The van der Waals surface area contributed by atoms with Crippen LogP contribution in [0.2, 0.25) is 0 Å². The second-order valence-corrected chi connectivity index (χ2v) is 6.10. The molecule has 4 rings (SSSR count). The Labute approximate surface area is 132 Å². The number of allylic oxidation sites excluding steroid dienone is 1. The third-order valence-corrected chi connectivity index (χ3v) is 4.00. The van der Waals surface area contributed by atoms with Crippen LogP contribution in [0, 0.1) is 12.3 Å². The molecule has 0 bridgehead atoms. The second-order valence-electron chi connectivity index (χ2n) is 5.52. The predicted octanol–water partition coefficient (Wildman–Crippen LogP) is -1.90. The van der Waals surface area contributed by atoms with Crippen molar-refractivity contribution in [1.29, 1.82) is 0 Å². The third-order valence-electron chi connectivity index (χ3n) is 3.72. The molecular formula is C15H19N3O3Si. The van der Waals surface area contributed by atoms with Crippen molar-refractivity contribution in [2.24, 2.45) is 0 Å². The SMILES string of the molecule is C#CCO[SiH3].O=C1C=C(N2CC2)C(=O)C(N2CC2)=C1N1CC1. The van der Waals surface area contributed by atoms with Gasteiger partial charge in [-0.15, -0.1) is 6.42 Å². The zero-order valence-electron chi connectivity index (χ0n) is 12.7. The highest BCUT2D eigenvalue weighted by Gasteiger charge is 2.43. The topological polar surface area (TPSA) is 52.4 Å². The van der Waals surface area contributed by atoms with Gasteiger partial charge in [0.2, 0.25) is 11.6 Å². The van der Waals surface area contributed by atoms with Crippen molar-refractivity contribution in [3.05, 3.63) is 23.2 Å². The molecular weight excluding hydrogens is 298 g/mol. The van der Waals surface area contributed by atoms with Gasteiger partial charge in [0.25, 0.3) is 0 Å². The van der Waals surface area contributed by atoms with Crippen LogP contribution >= 0.6 is 0 Å². The molecule has 1 aliphatic carbocycles. The smallest absolute Gasteiger partial charge is 0.227 e. The number of rotatable bonds is 4. The Morgan fingerprint density at radius 2 is 1.59 bits per heavy atom. The van der Waals surface area contributed by atoms with Gasteiger partial charge in [-0.3, -0.25) is 9.59 Å². The normalized spacial score (nSPS) is 22.1. The van der Waals surface area contributed by atoms with Gasteiger partial charge in [0, 0.05) is 45.3 Å². The van der Waals surface area contributed by atoms with Crippen LogP contribution in [0.25, 0.3) is 0 Å². The van der Waals surface area contributed by atoms with Gasteiger partial charge in [0.05, 0.1) is 12.3 Å². The number of ketones is 2. The van der Waals surface area contributed by atoms with Gasteiger partial charge < -0.3 is 19.1 Å². The summed E-state index contributed by atoms with van der Waals surface area (Å²) in [7, 11) is 0.756. The summed E-state index contributed by atoms with van der Waals surface area (Å²) in [4.78, 5) is 30.5. The lowest BCUT2D eigenvalue weighted by molar-refractivity contribution is -0.117. The molecule has 3 fully saturated rings. The molecule has 4 aliphatic rings. The zero-order valence-corrected chi connectivity index (χ0v) is 14.7. The molecule has 0 saturated carbocycles. The Bertz CT molecular complexity index is 608. The maximum Gasteiger partial charge on any atom is 0.227 e. The van der Waals surface area contributed by atoms with Crippen LogP contribution in [0.15, 0.2) is 23.2 Å². The highest BCUT2D eigenvalue weighted by Crippen LogP contribution is 2.33. The summed E-state index contributed by atoms with van der Waals surface area (Å²) in [6, 6.07) is 0. The minimum absolute atomic E-state index is 0.00546. The molecule has 0 N–H and O–H groups in total. The van der Waals surface area contributed by atoms with Gasteiger partial charge in [-0.05, 0) is 0 Å². The quantitative estimate of drug-likeness (QED) is 0.261. The Kier molecular flexibility index (Phi) is 4.05. The number of Topliss-reactive ketones (excluding diaryl/α,β-unsaturated/α-hetero) is 1. The number of carbonyl (C=O) groups is 2. The van der Waals surface area contributed by atoms with Crippen molar-refractivity contribution >= 4 is 22.1 Å². The van der Waals surface area contributed by atoms with Crippen molar-refractivity contribution in [1.82, 2.24) is 14.7 Å². The molecule has 0 aromatic heterocycles. The maximum absolute atomic E-state index is 12.4. The highest BCUT2D eigenvalue weighted by molar-refractivity contribution is 6.22. The van der Waals surface area contributed by atoms with E-state index in [1.54, 1.807) is 0 Å². The van der Waals surface area contributed by atoms with E-state index in [0.717, 1.165) is 49.8 Å². The van der Waals surface area contributed by atoms with Crippen molar-refractivity contribution in [3.63, 3.8) is 0 Å². The summed E-state index contributed by atoms with van der Waals surface area (Å²) >= 11 is 0. The first-order valence-electron chi connectivity index (χ1n) is 7.39. The molecule has 0 aromatic rings. The zero-order chi connectivity index (χ0) is 15.7. The van der Waals surface area contributed by atoms with Crippen molar-refractivity contribution in [2.45, 2.75) is 0 Å². The predicted molar refractivity (Wildman–Crippen MR) is 84.6 cm³/mol. The van der Waals surface area contributed by atoms with E-state index in [1.165, 1.54) is 6.08 Å². The Balaban J connectivity index is 0.000000254. The summed E-state index contributed by atoms with van der Waals surface area (Å²) in [6.45, 7) is 5.88. The van der Waals surface area contributed by atoms with Crippen LogP contribution in [0.1, 0.15) is 0 Å². The lowest BCUT2D eigenvalue weighted by Crippen LogP contribution is -2.29. The van der Waals surface area contributed by atoms with Crippen LogP contribution < -0.4 is 0 Å². The standard InChI is InChI=1S/C12H13N3O2.C3H6OSi/c16-9-7-8(13-1-2-13)12(17)11(15-5-6-15)10(9)14-3-4-14;1-2-3-4-5/h7H,1-6H2;1H,3H2,5H3. The van der Waals surface area contributed by atoms with E-state index in [1.807, 2.05) is 14.7 Å². The number of hydrogen-bond donors (Lipinski definition) is 0. The highest BCUT2D eigenvalue weighted by atomic mass is 28.2. The third kappa shape index (κ3) is 3.08. The average molecular weight is 317 g/mol. The fourth-order valence-corrected chi connectivity index (χ4v) is 2.53. The van der Waals surface area contributed by atoms with Crippen molar-refractivity contribution in [3.8, 4) is 12.3 Å². The molecule has 0 aromatic carbocycles. The summed E-state index contributed by atoms with van der Waals surface area (Å²) in [5.74, 6) is 2.38. The fourth-order valence-electron chi connectivity index (χ4n) is 2.36. The van der Waals surface area contributed by atoms with E-state index in [-0.39, 0.29) is 11.6 Å². The number of terminal acetylenes is 1. The van der Waals surface area contributed by atoms with Crippen LogP contribution in [0.3, 0.4) is 0 Å². The van der Waals surface area contributed by atoms with Gasteiger partial charge in [-0.1, -0.05) is 5.92 Å². The first-order valence-corrected chi connectivity index (χ1v) is 8.21. The van der Waals surface area contributed by atoms with Gasteiger partial charge in [0.15, 0.2) is 0 Å². The van der Waals surface area contributed by atoms with E-state index in [0.29, 0.717) is 23.7 Å². The van der Waals surface area contributed by atoms with Gasteiger partial charge >= 0.3 is 0 Å². The Hall–Kier alpha value is -2.04. The van der Waals surface area contributed by atoms with E-state index in [2.05, 4.69) is 10.3 Å². The lowest BCUT2D eigenvalue weighted by atomic mass is 10.0. The summed E-state index contributed by atoms with van der Waals surface area (Å²) < 4.78 is 4.59. The van der Waals surface area contributed by atoms with Gasteiger partial charge in [-0.25, -0.2) is 0 Å². The lowest BCUT2D eigenvalue weighted by Gasteiger charge is -2.21. The molecule has 3 aliphatic heterocycles. The van der Waals surface area contributed by atoms with Crippen molar-refractivity contribution < 1.29 is 14.0 Å². The minimum atomic E-state index is 0.00546. The minimum Gasteiger partial charge on any atom is -0.417 e. The van der Waals surface area contributed by atoms with Crippen LogP contribution in [0.5, 0.6) is 0 Å². The Morgan fingerprint density at radius 3 is 2.00 bits per heavy atom. The monoisotopic (exact) mass is 317 g/mol. The molecule has 0 atom stereocenters. The molecule has 7 heteroatoms. The van der Waals surface area contributed by atoms with E-state index >= 15 is 0 Å². The molecule has 0 radical (unpaired) electrons. The number of carbonyl (C=O) groups excluding carboxylic acids is 2. The summed E-state index contributed by atoms with van der Waals surface area (Å²) in [5, 5.41) is 0. The summed E-state index contributed by atoms with van der Waals surface area (Å²) in [5.41, 5.74) is 1.89. The molecule has 22 heavy (non-hydrogen) atoms. The van der Waals surface area contributed by atoms with E-state index in [9.17, 15) is 9.59 Å². The largest absolute Gasteiger partial charge is 0.417 e. The second kappa shape index (κ2) is 5.99. The van der Waals surface area contributed by atoms with Crippen LogP contribution in [-0.4, -0.2) is 82.6 Å². The van der Waals surface area contributed by atoms with E-state index < -0.39 is 0 Å². The van der Waals surface area contributed by atoms with Crippen LogP contribution in [0.4, 0.5) is 0 Å².